The van der Waals surface area contributed by atoms with Crippen LogP contribution in [0.15, 0.2) is 45.7 Å². The van der Waals surface area contributed by atoms with Gasteiger partial charge in [0.1, 0.15) is 5.82 Å². The quantitative estimate of drug-likeness (QED) is 0.622. The third kappa shape index (κ3) is 2.45. The maximum Gasteiger partial charge on any atom is 0.323 e. The predicted molar refractivity (Wildman–Crippen MR) is 83.8 cm³/mol. The van der Waals surface area contributed by atoms with E-state index in [1.165, 1.54) is 6.07 Å². The number of hydrogen-bond acceptors (Lipinski definition) is 1. The van der Waals surface area contributed by atoms with Crippen LogP contribution in [0.1, 0.15) is 16.0 Å². The fourth-order valence-electron chi connectivity index (χ4n) is 2.07. The van der Waals surface area contributed by atoms with Crippen LogP contribution in [0.3, 0.4) is 0 Å². The molecule has 3 nitrogen and oxygen atoms in total. The first-order chi connectivity index (χ1) is 9.54. The Morgan fingerprint density at radius 3 is 2.40 bits per heavy atom. The monoisotopic (exact) mass is 398 g/mol. The first kappa shape index (κ1) is 13.6. The second-order valence-corrected chi connectivity index (χ2v) is 6.19. The number of nitrogens with one attached hydrogen (secondary N) is 2. The highest BCUT2D eigenvalue weighted by Crippen LogP contribution is 2.33. The molecule has 2 N–H and O–H groups in total. The molecule has 102 valence electrons. The van der Waals surface area contributed by atoms with Crippen molar-refractivity contribution in [2.24, 2.45) is 0 Å². The number of aromatic nitrogens is 2. The minimum Gasteiger partial charge on any atom is -0.306 e. The molecule has 1 unspecified atom stereocenters. The van der Waals surface area contributed by atoms with Gasteiger partial charge in [-0.15, -0.1) is 0 Å². The van der Waals surface area contributed by atoms with Crippen molar-refractivity contribution in [1.82, 2.24) is 9.97 Å². The van der Waals surface area contributed by atoms with Gasteiger partial charge in [-0.25, -0.2) is 9.18 Å². The Labute approximate surface area is 130 Å². The van der Waals surface area contributed by atoms with Crippen molar-refractivity contribution in [1.29, 1.82) is 0 Å². The van der Waals surface area contributed by atoms with Crippen LogP contribution < -0.4 is 5.69 Å². The van der Waals surface area contributed by atoms with Gasteiger partial charge < -0.3 is 9.97 Å². The molecule has 1 atom stereocenters. The molecule has 6 heteroatoms. The van der Waals surface area contributed by atoms with Crippen molar-refractivity contribution < 1.29 is 4.39 Å². The van der Waals surface area contributed by atoms with Crippen LogP contribution in [0.5, 0.6) is 0 Å². The number of imidazole rings is 1. The van der Waals surface area contributed by atoms with Gasteiger partial charge in [0, 0.05) is 0 Å². The van der Waals surface area contributed by atoms with E-state index in [1.807, 2.05) is 18.2 Å². The highest BCUT2D eigenvalue weighted by atomic mass is 79.9. The normalized spacial score (nSPS) is 12.8. The van der Waals surface area contributed by atoms with Crippen LogP contribution in [-0.2, 0) is 0 Å². The highest BCUT2D eigenvalue weighted by molar-refractivity contribution is 9.10. The van der Waals surface area contributed by atoms with E-state index in [2.05, 4.69) is 41.8 Å². The Hall–Kier alpha value is -1.40. The highest BCUT2D eigenvalue weighted by Gasteiger charge is 2.13. The number of alkyl halides is 1. The summed E-state index contributed by atoms with van der Waals surface area (Å²) in [6, 6.07) is 10.5. The molecule has 0 spiro atoms. The maximum absolute atomic E-state index is 13.3. The molecule has 0 bridgehead atoms. The van der Waals surface area contributed by atoms with Gasteiger partial charge in [0.25, 0.3) is 0 Å². The number of fused-ring (bicyclic) bond motifs is 1. The van der Waals surface area contributed by atoms with Crippen LogP contribution in [-0.4, -0.2) is 9.97 Å². The van der Waals surface area contributed by atoms with E-state index in [0.717, 1.165) is 22.2 Å². The molecule has 2 aromatic carbocycles. The van der Waals surface area contributed by atoms with Crippen molar-refractivity contribution >= 4 is 42.9 Å². The average Bonchev–Trinajstić information content (AvgIpc) is 2.80. The molecule has 1 aromatic heterocycles. The maximum atomic E-state index is 13.3. The molecular weight excluding hydrogens is 391 g/mol. The zero-order valence-corrected chi connectivity index (χ0v) is 13.3. The third-order valence-electron chi connectivity index (χ3n) is 3.07. The number of benzene rings is 2. The topological polar surface area (TPSA) is 48.6 Å². The summed E-state index contributed by atoms with van der Waals surface area (Å²) in [7, 11) is 0. The average molecular weight is 400 g/mol. The standard InChI is InChI=1S/C14H9Br2FN2O/c15-9-5-7(1-3-10(9)17)13(16)8-2-4-11-12(6-8)19-14(20)18-11/h1-6,13H,(H2,18,19,20). The lowest BCUT2D eigenvalue weighted by Crippen LogP contribution is -1.99. The molecule has 20 heavy (non-hydrogen) atoms. The fraction of sp³-hybridized carbons (Fsp3) is 0.0714. The number of rotatable bonds is 2. The molecule has 0 radical (unpaired) electrons. The first-order valence-electron chi connectivity index (χ1n) is 5.85. The van der Waals surface area contributed by atoms with E-state index < -0.39 is 0 Å². The van der Waals surface area contributed by atoms with E-state index >= 15 is 0 Å². The summed E-state index contributed by atoms with van der Waals surface area (Å²) >= 11 is 6.78. The minimum absolute atomic E-state index is 0.0813. The molecule has 0 amide bonds. The van der Waals surface area contributed by atoms with Crippen molar-refractivity contribution in [2.45, 2.75) is 4.83 Å². The van der Waals surface area contributed by atoms with Crippen LogP contribution in [0.25, 0.3) is 11.0 Å². The lowest BCUT2D eigenvalue weighted by molar-refractivity contribution is 0.620. The number of hydrogen-bond donors (Lipinski definition) is 2. The van der Waals surface area contributed by atoms with E-state index in [9.17, 15) is 9.18 Å². The van der Waals surface area contributed by atoms with Crippen LogP contribution in [0.4, 0.5) is 4.39 Å². The smallest absolute Gasteiger partial charge is 0.306 e. The molecule has 0 saturated carbocycles. The van der Waals surface area contributed by atoms with Crippen molar-refractivity contribution in [3.63, 3.8) is 0 Å². The summed E-state index contributed by atoms with van der Waals surface area (Å²) in [5.41, 5.74) is 3.19. The predicted octanol–water partition coefficient (Wildman–Crippen LogP) is 4.24. The summed E-state index contributed by atoms with van der Waals surface area (Å²) in [6.07, 6.45) is 0. The third-order valence-corrected chi connectivity index (χ3v) is 4.73. The van der Waals surface area contributed by atoms with Crippen molar-refractivity contribution in [3.8, 4) is 0 Å². The van der Waals surface area contributed by atoms with Gasteiger partial charge in [0.05, 0.1) is 20.3 Å². The van der Waals surface area contributed by atoms with Gasteiger partial charge in [-0.1, -0.05) is 28.1 Å². The molecule has 0 saturated heterocycles. The van der Waals surface area contributed by atoms with Gasteiger partial charge in [0.15, 0.2) is 0 Å². The Morgan fingerprint density at radius 2 is 1.65 bits per heavy atom. The second-order valence-electron chi connectivity index (χ2n) is 4.42. The van der Waals surface area contributed by atoms with Crippen LogP contribution >= 0.6 is 31.9 Å². The Balaban J connectivity index is 2.04. The van der Waals surface area contributed by atoms with Crippen molar-refractivity contribution in [2.75, 3.05) is 0 Å². The molecule has 0 aliphatic carbocycles. The summed E-state index contributed by atoms with van der Waals surface area (Å²) in [5.74, 6) is -0.293. The molecule has 0 aliphatic rings. The largest absolute Gasteiger partial charge is 0.323 e. The molecule has 3 rings (SSSR count). The van der Waals surface area contributed by atoms with Gasteiger partial charge in [-0.05, 0) is 51.3 Å². The zero-order chi connectivity index (χ0) is 14.3. The van der Waals surface area contributed by atoms with Crippen molar-refractivity contribution in [3.05, 3.63) is 68.3 Å². The lowest BCUT2D eigenvalue weighted by Gasteiger charge is -2.11. The first-order valence-corrected chi connectivity index (χ1v) is 7.56. The Bertz CT molecular complexity index is 841. The lowest BCUT2D eigenvalue weighted by atomic mass is 10.0. The summed E-state index contributed by atoms with van der Waals surface area (Å²) in [4.78, 5) is 16.6. The summed E-state index contributed by atoms with van der Waals surface area (Å²) in [5, 5.41) is 0. The van der Waals surface area contributed by atoms with E-state index in [0.29, 0.717) is 4.47 Å². The Morgan fingerprint density at radius 1 is 1.00 bits per heavy atom. The van der Waals surface area contributed by atoms with Crippen LogP contribution in [0.2, 0.25) is 0 Å². The molecule has 3 aromatic rings. The summed E-state index contributed by atoms with van der Waals surface area (Å²) in [6.45, 7) is 0. The van der Waals surface area contributed by atoms with Crippen LogP contribution in [0, 0.1) is 5.82 Å². The molecular formula is C14H9Br2FN2O. The molecule has 0 fully saturated rings. The van der Waals surface area contributed by atoms with E-state index in [-0.39, 0.29) is 16.3 Å². The summed E-state index contributed by atoms with van der Waals surface area (Å²) < 4.78 is 13.7. The second kappa shape index (κ2) is 5.18. The number of aromatic amines is 2. The fourth-order valence-corrected chi connectivity index (χ4v) is 3.04. The van der Waals surface area contributed by atoms with E-state index in [4.69, 9.17) is 0 Å². The van der Waals surface area contributed by atoms with Gasteiger partial charge >= 0.3 is 5.69 Å². The SMILES string of the molecule is O=c1[nH]c2ccc(C(Br)c3ccc(F)c(Br)c3)cc2[nH]1. The Kier molecular flexibility index (Phi) is 3.52. The van der Waals surface area contributed by atoms with E-state index in [1.54, 1.807) is 12.1 Å². The van der Waals surface area contributed by atoms with Gasteiger partial charge in [-0.2, -0.15) is 0 Å². The molecule has 1 heterocycles. The molecule has 0 aliphatic heterocycles. The van der Waals surface area contributed by atoms with Gasteiger partial charge in [0.2, 0.25) is 0 Å². The number of halogens is 3. The van der Waals surface area contributed by atoms with Gasteiger partial charge in [-0.3, -0.25) is 0 Å². The number of H-pyrrole nitrogens is 2. The minimum atomic E-state index is -0.293. The zero-order valence-electron chi connectivity index (χ0n) is 10.1.